The highest BCUT2D eigenvalue weighted by Gasteiger charge is 2.15. The van der Waals surface area contributed by atoms with Crippen LogP contribution in [0.15, 0.2) is 53.9 Å². The lowest BCUT2D eigenvalue weighted by atomic mass is 10.1. The number of methoxy groups -OCH3 is 1. The highest BCUT2D eigenvalue weighted by molar-refractivity contribution is 7.23. The first-order chi connectivity index (χ1) is 14.1. The van der Waals surface area contributed by atoms with E-state index in [4.69, 9.17) is 4.74 Å². The van der Waals surface area contributed by atoms with Gasteiger partial charge in [0.2, 0.25) is 0 Å². The van der Waals surface area contributed by atoms with Crippen molar-refractivity contribution in [2.45, 2.75) is 6.92 Å². The maximum atomic E-state index is 13.3. The maximum Gasteiger partial charge on any atom is 0.167 e. The minimum Gasteiger partial charge on any atom is -0.504 e. The van der Waals surface area contributed by atoms with E-state index in [0.29, 0.717) is 17.1 Å². The van der Waals surface area contributed by atoms with E-state index < -0.39 is 0 Å². The fourth-order valence-electron chi connectivity index (χ4n) is 2.94. The fraction of sp³-hybridized carbons (Fsp3) is 0.0952. The molecule has 2 aromatic carbocycles. The quantitative estimate of drug-likeness (QED) is 0.360. The van der Waals surface area contributed by atoms with Crippen LogP contribution in [0.5, 0.6) is 11.5 Å². The van der Waals surface area contributed by atoms with E-state index >= 15 is 0 Å². The third-order valence-electron chi connectivity index (χ3n) is 4.40. The molecule has 2 heterocycles. The zero-order valence-corrected chi connectivity index (χ0v) is 16.5. The Morgan fingerprint density at radius 3 is 2.69 bits per heavy atom. The van der Waals surface area contributed by atoms with Crippen molar-refractivity contribution in [3.05, 3.63) is 65.7 Å². The number of nitrogens with zero attached hydrogens (tertiary/aromatic N) is 3. The molecule has 0 bridgehead atoms. The zero-order chi connectivity index (χ0) is 20.4. The summed E-state index contributed by atoms with van der Waals surface area (Å²) in [6.07, 6.45) is 3.06. The molecular formula is C21H17FN4O2S. The molecule has 29 heavy (non-hydrogen) atoms. The number of ether oxygens (including phenoxy) is 1. The molecule has 2 aromatic heterocycles. The molecule has 8 heteroatoms. The van der Waals surface area contributed by atoms with E-state index in [1.54, 1.807) is 36.5 Å². The molecule has 0 amide bonds. The second-order valence-corrected chi connectivity index (χ2v) is 7.28. The molecular weight excluding hydrogens is 391 g/mol. The summed E-state index contributed by atoms with van der Waals surface area (Å²) >= 11 is 1.52. The molecule has 0 aliphatic heterocycles. The number of aromatic nitrogens is 2. The summed E-state index contributed by atoms with van der Waals surface area (Å²) in [5.41, 5.74) is 6.40. The van der Waals surface area contributed by atoms with Crippen molar-refractivity contribution in [1.29, 1.82) is 0 Å². The Labute approximate surface area is 170 Å². The first-order valence-electron chi connectivity index (χ1n) is 8.73. The van der Waals surface area contributed by atoms with Gasteiger partial charge in [0, 0.05) is 4.88 Å². The first kappa shape index (κ1) is 18.8. The Hall–Kier alpha value is -3.52. The molecule has 0 saturated carbocycles. The van der Waals surface area contributed by atoms with Crippen molar-refractivity contribution in [1.82, 2.24) is 9.97 Å². The molecule has 2 N–H and O–H groups in total. The number of rotatable bonds is 5. The van der Waals surface area contributed by atoms with Crippen LogP contribution in [0.3, 0.4) is 0 Å². The molecule has 0 spiro atoms. The number of aryl methyl sites for hydroxylation is 1. The number of hydrogen-bond donors (Lipinski definition) is 2. The molecule has 0 radical (unpaired) electrons. The van der Waals surface area contributed by atoms with Crippen LogP contribution in [0, 0.1) is 12.7 Å². The highest BCUT2D eigenvalue weighted by Crippen LogP contribution is 2.39. The van der Waals surface area contributed by atoms with Crippen LogP contribution in [0.2, 0.25) is 0 Å². The van der Waals surface area contributed by atoms with Gasteiger partial charge in [0.1, 0.15) is 12.1 Å². The second kappa shape index (κ2) is 7.84. The third-order valence-corrected chi connectivity index (χ3v) is 5.73. The Morgan fingerprint density at radius 2 is 1.97 bits per heavy atom. The number of benzene rings is 2. The minimum absolute atomic E-state index is 0.0405. The van der Waals surface area contributed by atoms with Crippen LogP contribution in [-0.2, 0) is 0 Å². The topological polar surface area (TPSA) is 79.6 Å². The normalized spacial score (nSPS) is 11.3. The Balaban J connectivity index is 1.63. The number of aromatic hydroxyl groups is 1. The molecule has 0 fully saturated rings. The molecule has 0 aliphatic rings. The van der Waals surface area contributed by atoms with E-state index in [1.165, 1.54) is 36.9 Å². The highest BCUT2D eigenvalue weighted by atomic mass is 32.1. The number of thiophene rings is 1. The first-order valence-corrected chi connectivity index (χ1v) is 9.54. The van der Waals surface area contributed by atoms with Gasteiger partial charge in [-0.3, -0.25) is 5.43 Å². The average molecular weight is 408 g/mol. The number of hydrazone groups is 1. The maximum absolute atomic E-state index is 13.3. The van der Waals surface area contributed by atoms with Gasteiger partial charge in [-0.1, -0.05) is 12.1 Å². The van der Waals surface area contributed by atoms with Crippen LogP contribution in [0.4, 0.5) is 10.2 Å². The van der Waals surface area contributed by atoms with Gasteiger partial charge in [0.15, 0.2) is 17.3 Å². The predicted molar refractivity (Wildman–Crippen MR) is 113 cm³/mol. The van der Waals surface area contributed by atoms with Gasteiger partial charge in [0.05, 0.1) is 23.5 Å². The third kappa shape index (κ3) is 3.74. The van der Waals surface area contributed by atoms with Crippen LogP contribution in [0.1, 0.15) is 11.1 Å². The molecule has 0 atom stereocenters. The number of phenols is 1. The Kier molecular flexibility index (Phi) is 5.09. The standard InChI is InChI=1S/C21H17FN4O2S/c1-12-18-20(29-19(12)14-4-6-15(22)7-5-14)21(24-11-23-18)26-25-10-13-3-8-17(28-2)16(27)9-13/h3-11,27H,1-2H3,(H,23,24,26)/b25-10+. The van der Waals surface area contributed by atoms with E-state index in [1.807, 2.05) is 6.92 Å². The van der Waals surface area contributed by atoms with E-state index in [9.17, 15) is 9.50 Å². The zero-order valence-electron chi connectivity index (χ0n) is 15.7. The van der Waals surface area contributed by atoms with Gasteiger partial charge in [-0.05, 0) is 53.9 Å². The van der Waals surface area contributed by atoms with E-state index in [2.05, 4.69) is 20.5 Å². The van der Waals surface area contributed by atoms with Gasteiger partial charge < -0.3 is 9.84 Å². The molecule has 146 valence electrons. The predicted octanol–water partition coefficient (Wildman–Crippen LogP) is 4.97. The van der Waals surface area contributed by atoms with Crippen molar-refractivity contribution in [2.24, 2.45) is 5.10 Å². The summed E-state index contributed by atoms with van der Waals surface area (Å²) in [6.45, 7) is 1.98. The fourth-order valence-corrected chi connectivity index (χ4v) is 4.14. The molecule has 0 unspecified atom stereocenters. The number of nitrogens with one attached hydrogen (secondary N) is 1. The number of phenolic OH excluding ortho intramolecular Hbond substituents is 1. The van der Waals surface area contributed by atoms with Crippen LogP contribution >= 0.6 is 11.3 Å². The van der Waals surface area contributed by atoms with Crippen molar-refractivity contribution in [3.8, 4) is 21.9 Å². The molecule has 0 aliphatic carbocycles. The molecule has 0 saturated heterocycles. The number of hydrogen-bond acceptors (Lipinski definition) is 7. The lowest BCUT2D eigenvalue weighted by molar-refractivity contribution is 0.373. The summed E-state index contributed by atoms with van der Waals surface area (Å²) in [4.78, 5) is 9.69. The van der Waals surface area contributed by atoms with Crippen LogP contribution < -0.4 is 10.2 Å². The largest absolute Gasteiger partial charge is 0.504 e. The SMILES string of the molecule is COc1ccc(/C=N/Nc2ncnc3c(C)c(-c4ccc(F)cc4)sc23)cc1O. The van der Waals surface area contributed by atoms with Gasteiger partial charge in [0.25, 0.3) is 0 Å². The summed E-state index contributed by atoms with van der Waals surface area (Å²) in [5.74, 6) is 0.743. The van der Waals surface area contributed by atoms with Crippen molar-refractivity contribution < 1.29 is 14.2 Å². The molecule has 4 rings (SSSR count). The van der Waals surface area contributed by atoms with Gasteiger partial charge >= 0.3 is 0 Å². The number of halogens is 1. The van der Waals surface area contributed by atoms with Gasteiger partial charge in [-0.15, -0.1) is 11.3 Å². The van der Waals surface area contributed by atoms with Gasteiger partial charge in [-0.2, -0.15) is 5.10 Å². The smallest absolute Gasteiger partial charge is 0.167 e. The van der Waals surface area contributed by atoms with Crippen molar-refractivity contribution >= 4 is 33.6 Å². The lowest BCUT2D eigenvalue weighted by Crippen LogP contribution is -1.95. The van der Waals surface area contributed by atoms with E-state index in [0.717, 1.165) is 26.2 Å². The average Bonchev–Trinajstić information content (AvgIpc) is 3.06. The molecule has 6 nitrogen and oxygen atoms in total. The van der Waals surface area contributed by atoms with Crippen LogP contribution in [0.25, 0.3) is 20.7 Å². The molecule has 4 aromatic rings. The summed E-state index contributed by atoms with van der Waals surface area (Å²) in [7, 11) is 1.49. The van der Waals surface area contributed by atoms with Crippen molar-refractivity contribution in [2.75, 3.05) is 12.5 Å². The van der Waals surface area contributed by atoms with Crippen molar-refractivity contribution in [3.63, 3.8) is 0 Å². The summed E-state index contributed by atoms with van der Waals surface area (Å²) in [5, 5.41) is 14.1. The minimum atomic E-state index is -0.270. The van der Waals surface area contributed by atoms with Crippen LogP contribution in [-0.4, -0.2) is 28.4 Å². The summed E-state index contributed by atoms with van der Waals surface area (Å²) in [6, 6.07) is 11.4. The number of anilines is 1. The Morgan fingerprint density at radius 1 is 1.17 bits per heavy atom. The monoisotopic (exact) mass is 408 g/mol. The lowest BCUT2D eigenvalue weighted by Gasteiger charge is -2.03. The van der Waals surface area contributed by atoms with Gasteiger partial charge in [-0.25, -0.2) is 14.4 Å². The summed E-state index contributed by atoms with van der Waals surface area (Å²) < 4.78 is 19.1. The van der Waals surface area contributed by atoms with E-state index in [-0.39, 0.29) is 11.6 Å². The Bertz CT molecular complexity index is 1210. The second-order valence-electron chi connectivity index (χ2n) is 6.26. The number of fused-ring (bicyclic) bond motifs is 1.